The number of carboxylic acid groups (broad SMARTS) is 1. The van der Waals surface area contributed by atoms with E-state index in [1.807, 2.05) is 0 Å². The SMILES string of the molecule is COc1cc(Cl)c(Cl)c2c1OC(C(F)(F)F)C(C(=O)O)=C2. The molecule has 1 atom stereocenters. The van der Waals surface area contributed by atoms with Crippen molar-refractivity contribution in [2.45, 2.75) is 12.3 Å². The summed E-state index contributed by atoms with van der Waals surface area (Å²) in [5.41, 5.74) is -1.06. The number of fused-ring (bicyclic) bond motifs is 1. The predicted molar refractivity (Wildman–Crippen MR) is 69.1 cm³/mol. The molecule has 0 saturated carbocycles. The van der Waals surface area contributed by atoms with Crippen LogP contribution >= 0.6 is 23.2 Å². The van der Waals surface area contributed by atoms with Gasteiger partial charge < -0.3 is 14.6 Å². The van der Waals surface area contributed by atoms with Crippen LogP contribution < -0.4 is 9.47 Å². The number of hydrogen-bond donors (Lipinski definition) is 1. The first-order valence-corrected chi connectivity index (χ1v) is 6.16. The van der Waals surface area contributed by atoms with Crippen molar-refractivity contribution in [1.82, 2.24) is 0 Å². The Hall–Kier alpha value is -1.60. The van der Waals surface area contributed by atoms with Gasteiger partial charge in [-0.1, -0.05) is 23.2 Å². The Morgan fingerprint density at radius 2 is 2.05 bits per heavy atom. The number of carboxylic acids is 1. The van der Waals surface area contributed by atoms with Gasteiger partial charge in [-0.05, 0) is 6.08 Å². The van der Waals surface area contributed by atoms with Crippen molar-refractivity contribution in [1.29, 1.82) is 0 Å². The van der Waals surface area contributed by atoms with Crippen LogP contribution in [-0.2, 0) is 4.79 Å². The van der Waals surface area contributed by atoms with E-state index in [2.05, 4.69) is 0 Å². The third-order valence-corrected chi connectivity index (χ3v) is 3.56. The summed E-state index contributed by atoms with van der Waals surface area (Å²) in [6, 6.07) is 1.19. The van der Waals surface area contributed by atoms with Crippen molar-refractivity contribution in [2.75, 3.05) is 7.11 Å². The second-order valence-corrected chi connectivity index (χ2v) is 4.85. The highest BCUT2D eigenvalue weighted by atomic mass is 35.5. The van der Waals surface area contributed by atoms with Crippen molar-refractivity contribution in [3.05, 3.63) is 27.2 Å². The summed E-state index contributed by atoms with van der Waals surface area (Å²) in [7, 11) is 1.21. The van der Waals surface area contributed by atoms with Gasteiger partial charge >= 0.3 is 12.1 Å². The van der Waals surface area contributed by atoms with Crippen LogP contribution in [0.5, 0.6) is 11.5 Å². The molecule has 1 heterocycles. The maximum absolute atomic E-state index is 12.9. The highest BCUT2D eigenvalue weighted by molar-refractivity contribution is 6.43. The number of aliphatic carboxylic acids is 1. The van der Waals surface area contributed by atoms with E-state index in [9.17, 15) is 18.0 Å². The van der Waals surface area contributed by atoms with Gasteiger partial charge in [0, 0.05) is 11.6 Å². The fourth-order valence-corrected chi connectivity index (χ4v) is 2.23. The first kappa shape index (κ1) is 15.8. The molecule has 21 heavy (non-hydrogen) atoms. The van der Waals surface area contributed by atoms with Crippen LogP contribution in [0.4, 0.5) is 13.2 Å². The van der Waals surface area contributed by atoms with Crippen molar-refractivity contribution in [3.8, 4) is 11.5 Å². The molecular formula is C12H7Cl2F3O4. The summed E-state index contributed by atoms with van der Waals surface area (Å²) in [5, 5.41) is 8.81. The molecule has 1 unspecified atom stereocenters. The average molecular weight is 343 g/mol. The lowest BCUT2D eigenvalue weighted by atomic mass is 10.0. The molecular weight excluding hydrogens is 336 g/mol. The molecule has 1 N–H and O–H groups in total. The summed E-state index contributed by atoms with van der Waals surface area (Å²) in [6.45, 7) is 0. The van der Waals surface area contributed by atoms with Crippen molar-refractivity contribution < 1.29 is 32.5 Å². The van der Waals surface area contributed by atoms with Gasteiger partial charge in [0.1, 0.15) is 0 Å². The number of benzene rings is 1. The van der Waals surface area contributed by atoms with Crippen LogP contribution in [0.15, 0.2) is 11.6 Å². The van der Waals surface area contributed by atoms with E-state index in [1.165, 1.54) is 13.2 Å². The number of halogens is 5. The molecule has 1 aliphatic heterocycles. The first-order valence-electron chi connectivity index (χ1n) is 5.41. The normalized spacial score (nSPS) is 17.6. The Bertz CT molecular complexity index is 640. The molecule has 4 nitrogen and oxygen atoms in total. The van der Waals surface area contributed by atoms with Crippen molar-refractivity contribution in [3.63, 3.8) is 0 Å². The molecule has 0 amide bonds. The zero-order valence-corrected chi connectivity index (χ0v) is 11.8. The highest BCUT2D eigenvalue weighted by Gasteiger charge is 2.49. The van der Waals surface area contributed by atoms with E-state index in [0.29, 0.717) is 0 Å². The Kier molecular flexibility index (Phi) is 3.99. The van der Waals surface area contributed by atoms with E-state index in [4.69, 9.17) is 37.8 Å². The Labute approximate surface area is 126 Å². The maximum atomic E-state index is 12.9. The third kappa shape index (κ3) is 2.75. The Morgan fingerprint density at radius 1 is 1.43 bits per heavy atom. The van der Waals surface area contributed by atoms with Gasteiger partial charge in [0.2, 0.25) is 6.10 Å². The van der Waals surface area contributed by atoms with E-state index < -0.39 is 23.8 Å². The zero-order valence-electron chi connectivity index (χ0n) is 10.3. The van der Waals surface area contributed by atoms with Crippen LogP contribution in [0.3, 0.4) is 0 Å². The minimum absolute atomic E-state index is 0.00214. The monoisotopic (exact) mass is 342 g/mol. The van der Waals surface area contributed by atoms with Gasteiger partial charge in [-0.15, -0.1) is 0 Å². The molecule has 0 aliphatic carbocycles. The van der Waals surface area contributed by atoms with E-state index in [-0.39, 0.29) is 27.1 Å². The molecule has 0 aromatic heterocycles. The lowest BCUT2D eigenvalue weighted by Crippen LogP contribution is -2.40. The largest absolute Gasteiger partial charge is 0.493 e. The molecule has 0 bridgehead atoms. The van der Waals surface area contributed by atoms with Gasteiger partial charge in [-0.25, -0.2) is 4.79 Å². The molecule has 114 valence electrons. The van der Waals surface area contributed by atoms with Crippen LogP contribution in [0.25, 0.3) is 6.08 Å². The molecule has 9 heteroatoms. The number of rotatable bonds is 2. The lowest BCUT2D eigenvalue weighted by Gasteiger charge is -2.28. The fourth-order valence-electron chi connectivity index (χ4n) is 1.84. The summed E-state index contributed by atoms with van der Waals surface area (Å²) < 4.78 is 48.5. The van der Waals surface area contributed by atoms with E-state index in [1.54, 1.807) is 0 Å². The van der Waals surface area contributed by atoms with Gasteiger partial charge in [-0.2, -0.15) is 13.2 Å². The number of methoxy groups -OCH3 is 1. The minimum atomic E-state index is -4.90. The molecule has 0 spiro atoms. The number of carbonyl (C=O) groups is 1. The second-order valence-electron chi connectivity index (χ2n) is 4.06. The van der Waals surface area contributed by atoms with E-state index >= 15 is 0 Å². The molecule has 1 aliphatic rings. The predicted octanol–water partition coefficient (Wildman–Crippen LogP) is 3.79. The lowest BCUT2D eigenvalue weighted by molar-refractivity contribution is -0.187. The van der Waals surface area contributed by atoms with Gasteiger partial charge in [-0.3, -0.25) is 0 Å². The van der Waals surface area contributed by atoms with E-state index in [0.717, 1.165) is 6.08 Å². The fraction of sp³-hybridized carbons (Fsp3) is 0.250. The molecule has 0 saturated heterocycles. The van der Waals surface area contributed by atoms with Crippen LogP contribution in [-0.4, -0.2) is 30.5 Å². The average Bonchev–Trinajstić information content (AvgIpc) is 2.40. The van der Waals surface area contributed by atoms with Gasteiger partial charge in [0.25, 0.3) is 0 Å². The molecule has 1 aromatic carbocycles. The highest BCUT2D eigenvalue weighted by Crippen LogP contribution is 2.47. The van der Waals surface area contributed by atoms with Crippen LogP contribution in [0.2, 0.25) is 10.0 Å². The summed E-state index contributed by atoms with van der Waals surface area (Å²) in [5.74, 6) is -2.15. The molecule has 0 fully saturated rings. The third-order valence-electron chi connectivity index (χ3n) is 2.75. The number of alkyl halides is 3. The molecule has 1 aromatic rings. The van der Waals surface area contributed by atoms with Gasteiger partial charge in [0.05, 0.1) is 22.7 Å². The summed E-state index contributed by atoms with van der Waals surface area (Å²) in [6.07, 6.45) is -6.73. The maximum Gasteiger partial charge on any atom is 0.430 e. The number of hydrogen-bond acceptors (Lipinski definition) is 3. The van der Waals surface area contributed by atoms with Crippen molar-refractivity contribution in [2.24, 2.45) is 0 Å². The number of ether oxygens (including phenoxy) is 2. The second kappa shape index (κ2) is 5.31. The summed E-state index contributed by atoms with van der Waals surface area (Å²) in [4.78, 5) is 11.0. The Morgan fingerprint density at radius 3 is 2.52 bits per heavy atom. The van der Waals surface area contributed by atoms with Gasteiger partial charge in [0.15, 0.2) is 11.5 Å². The van der Waals surface area contributed by atoms with Crippen LogP contribution in [0, 0.1) is 0 Å². The molecule has 2 rings (SSSR count). The quantitative estimate of drug-likeness (QED) is 0.888. The molecule has 0 radical (unpaired) electrons. The van der Waals surface area contributed by atoms with Crippen molar-refractivity contribution >= 4 is 35.2 Å². The zero-order chi connectivity index (χ0) is 15.9. The Balaban J connectivity index is 2.71. The minimum Gasteiger partial charge on any atom is -0.493 e. The topological polar surface area (TPSA) is 55.8 Å². The standard InChI is InChI=1S/C12H7Cl2F3O4/c1-20-7-3-6(13)8(14)4-2-5(11(18)19)10(12(15,16)17)21-9(4)7/h2-3,10H,1H3,(H,18,19). The smallest absolute Gasteiger partial charge is 0.430 e. The summed E-state index contributed by atoms with van der Waals surface area (Å²) >= 11 is 11.7. The first-order chi connectivity index (χ1) is 9.66. The van der Waals surface area contributed by atoms with Crippen LogP contribution in [0.1, 0.15) is 5.56 Å².